The van der Waals surface area contributed by atoms with Gasteiger partial charge >= 0.3 is 0 Å². The average Bonchev–Trinajstić information content (AvgIpc) is 2.48. The number of halogens is 2. The minimum absolute atomic E-state index is 0.0453. The summed E-state index contributed by atoms with van der Waals surface area (Å²) in [5.74, 6) is -0.340. The molecule has 22 heavy (non-hydrogen) atoms. The molecule has 1 amide bonds. The van der Waals surface area contributed by atoms with Gasteiger partial charge in [0, 0.05) is 27.4 Å². The van der Waals surface area contributed by atoms with Gasteiger partial charge in [-0.2, -0.15) is 0 Å². The van der Waals surface area contributed by atoms with E-state index in [1.54, 1.807) is 24.5 Å². The number of nitrogens with zero attached hydrogens (tertiary/aromatic N) is 3. The van der Waals surface area contributed by atoms with E-state index in [4.69, 9.17) is 0 Å². The molecule has 0 unspecified atom stereocenters. The average molecular weight is 448 g/mol. The number of hydrogen-bond acceptors (Lipinski definition) is 6. The number of nitro benzene ring substituents is 1. The van der Waals surface area contributed by atoms with E-state index in [1.165, 1.54) is 6.07 Å². The number of benzene rings is 1. The molecule has 1 heterocycles. The van der Waals surface area contributed by atoms with Gasteiger partial charge in [-0.25, -0.2) is 9.97 Å². The van der Waals surface area contributed by atoms with E-state index in [9.17, 15) is 14.9 Å². The largest absolute Gasteiger partial charge is 0.319 e. The van der Waals surface area contributed by atoms with Crippen molar-refractivity contribution < 1.29 is 9.72 Å². The molecule has 0 fully saturated rings. The first kappa shape index (κ1) is 16.8. The fourth-order valence-corrected chi connectivity index (χ4v) is 3.40. The van der Waals surface area contributed by atoms with Crippen LogP contribution in [0.1, 0.15) is 0 Å². The van der Waals surface area contributed by atoms with Crippen LogP contribution < -0.4 is 5.32 Å². The Morgan fingerprint density at radius 2 is 2.00 bits per heavy atom. The summed E-state index contributed by atoms with van der Waals surface area (Å²) in [5.41, 5.74) is -0.0802. The first-order valence-corrected chi connectivity index (χ1v) is 8.37. The van der Waals surface area contributed by atoms with Crippen LogP contribution >= 0.6 is 43.6 Å². The third-order valence-corrected chi connectivity index (χ3v) is 4.33. The topological polar surface area (TPSA) is 98.0 Å². The highest BCUT2D eigenvalue weighted by atomic mass is 79.9. The Kier molecular flexibility index (Phi) is 5.86. The van der Waals surface area contributed by atoms with Gasteiger partial charge < -0.3 is 5.32 Å². The normalized spacial score (nSPS) is 10.3. The van der Waals surface area contributed by atoms with Crippen molar-refractivity contribution in [3.8, 4) is 0 Å². The number of rotatable bonds is 5. The van der Waals surface area contributed by atoms with E-state index in [2.05, 4.69) is 47.1 Å². The maximum atomic E-state index is 12.0. The predicted octanol–water partition coefficient (Wildman–Crippen LogP) is 3.64. The van der Waals surface area contributed by atoms with Crippen molar-refractivity contribution >= 4 is 60.9 Å². The van der Waals surface area contributed by atoms with E-state index in [0.29, 0.717) is 14.1 Å². The lowest BCUT2D eigenvalue weighted by atomic mass is 10.2. The monoisotopic (exact) mass is 446 g/mol. The second kappa shape index (κ2) is 7.65. The minimum Gasteiger partial charge on any atom is -0.319 e. The number of hydrogen-bond donors (Lipinski definition) is 1. The summed E-state index contributed by atoms with van der Waals surface area (Å²) in [6.07, 6.45) is 3.15. The van der Waals surface area contributed by atoms with Gasteiger partial charge in [-0.1, -0.05) is 27.7 Å². The molecule has 2 rings (SSSR count). The minimum atomic E-state index is -0.557. The molecular weight excluding hydrogens is 440 g/mol. The highest BCUT2D eigenvalue weighted by Gasteiger charge is 2.20. The zero-order valence-electron chi connectivity index (χ0n) is 10.8. The van der Waals surface area contributed by atoms with Crippen molar-refractivity contribution in [3.05, 3.63) is 49.7 Å². The molecule has 7 nitrogen and oxygen atoms in total. The standard InChI is InChI=1S/C12H8Br2N4O3S/c13-7-4-8(14)11(9(5-7)18(20)21)17-10(19)6-22-12-15-2-1-3-16-12/h1-5H,6H2,(H,17,19). The Labute approximate surface area is 146 Å². The summed E-state index contributed by atoms with van der Waals surface area (Å²) in [4.78, 5) is 30.4. The fraction of sp³-hybridized carbons (Fsp3) is 0.0833. The quantitative estimate of drug-likeness (QED) is 0.325. The zero-order valence-corrected chi connectivity index (χ0v) is 14.8. The van der Waals surface area contributed by atoms with Crippen LogP contribution in [0, 0.1) is 10.1 Å². The van der Waals surface area contributed by atoms with Crippen molar-refractivity contribution in [1.29, 1.82) is 0 Å². The highest BCUT2D eigenvalue weighted by Crippen LogP contribution is 2.36. The van der Waals surface area contributed by atoms with Crippen molar-refractivity contribution in [1.82, 2.24) is 9.97 Å². The maximum Gasteiger partial charge on any atom is 0.295 e. The van der Waals surface area contributed by atoms with Crippen LogP contribution in [-0.4, -0.2) is 26.6 Å². The first-order chi connectivity index (χ1) is 10.5. The molecule has 1 aromatic heterocycles. The molecule has 0 atom stereocenters. The van der Waals surface area contributed by atoms with Gasteiger partial charge in [-0.05, 0) is 28.1 Å². The van der Waals surface area contributed by atoms with Gasteiger partial charge in [-0.3, -0.25) is 14.9 Å². The van der Waals surface area contributed by atoms with Crippen LogP contribution in [0.3, 0.4) is 0 Å². The van der Waals surface area contributed by atoms with E-state index >= 15 is 0 Å². The summed E-state index contributed by atoms with van der Waals surface area (Å²) in [6, 6.07) is 4.62. The second-order valence-corrected chi connectivity index (χ2v) is 6.62. The Morgan fingerprint density at radius 1 is 1.32 bits per heavy atom. The number of nitrogens with one attached hydrogen (secondary N) is 1. The van der Waals surface area contributed by atoms with Crippen LogP contribution in [0.4, 0.5) is 11.4 Å². The molecule has 0 saturated heterocycles. The lowest BCUT2D eigenvalue weighted by Gasteiger charge is -2.08. The van der Waals surface area contributed by atoms with E-state index < -0.39 is 4.92 Å². The predicted molar refractivity (Wildman–Crippen MR) is 89.9 cm³/mol. The van der Waals surface area contributed by atoms with Gasteiger partial charge in [-0.15, -0.1) is 0 Å². The number of amides is 1. The molecule has 0 saturated carbocycles. The maximum absolute atomic E-state index is 12.0. The lowest BCUT2D eigenvalue weighted by Crippen LogP contribution is -2.16. The molecule has 0 aliphatic heterocycles. The molecule has 0 aliphatic rings. The Balaban J connectivity index is 2.10. The van der Waals surface area contributed by atoms with E-state index in [0.717, 1.165) is 11.8 Å². The number of thioether (sulfide) groups is 1. The highest BCUT2D eigenvalue weighted by molar-refractivity contribution is 9.11. The number of carbonyl (C=O) groups excluding carboxylic acids is 1. The van der Waals surface area contributed by atoms with E-state index in [1.807, 2.05) is 0 Å². The Hall–Kier alpha value is -1.52. The summed E-state index contributed by atoms with van der Waals surface area (Å²) >= 11 is 7.53. The van der Waals surface area contributed by atoms with Gasteiger partial charge in [0.25, 0.3) is 5.69 Å². The van der Waals surface area contributed by atoms with E-state index in [-0.39, 0.29) is 23.0 Å². The van der Waals surface area contributed by atoms with Crippen LogP contribution in [0.25, 0.3) is 0 Å². The van der Waals surface area contributed by atoms with Crippen molar-refractivity contribution in [2.75, 3.05) is 11.1 Å². The van der Waals surface area contributed by atoms with Crippen LogP contribution in [0.2, 0.25) is 0 Å². The molecule has 1 aromatic carbocycles. The molecule has 0 bridgehead atoms. The SMILES string of the molecule is O=C(CSc1ncccn1)Nc1c(Br)cc(Br)cc1[N+](=O)[O-]. The molecule has 114 valence electrons. The molecule has 0 radical (unpaired) electrons. The molecule has 2 aromatic rings. The Morgan fingerprint density at radius 3 is 2.64 bits per heavy atom. The zero-order chi connectivity index (χ0) is 16.1. The number of aromatic nitrogens is 2. The van der Waals surface area contributed by atoms with Crippen molar-refractivity contribution in [2.45, 2.75) is 5.16 Å². The van der Waals surface area contributed by atoms with Gasteiger partial charge in [0.1, 0.15) is 5.69 Å². The second-order valence-electron chi connectivity index (χ2n) is 3.91. The third kappa shape index (κ3) is 4.49. The molecule has 1 N–H and O–H groups in total. The third-order valence-electron chi connectivity index (χ3n) is 2.37. The van der Waals surface area contributed by atoms with Gasteiger partial charge in [0.15, 0.2) is 5.16 Å². The van der Waals surface area contributed by atoms with Crippen molar-refractivity contribution in [3.63, 3.8) is 0 Å². The number of nitro groups is 1. The molecule has 0 aliphatic carbocycles. The fourth-order valence-electron chi connectivity index (χ4n) is 1.49. The molecule has 0 spiro atoms. The smallest absolute Gasteiger partial charge is 0.295 e. The number of anilines is 1. The lowest BCUT2D eigenvalue weighted by molar-refractivity contribution is -0.384. The summed E-state index contributed by atoms with van der Waals surface area (Å²) in [7, 11) is 0. The van der Waals surface area contributed by atoms with Crippen LogP contribution in [-0.2, 0) is 4.79 Å². The van der Waals surface area contributed by atoms with Crippen molar-refractivity contribution in [2.24, 2.45) is 0 Å². The summed E-state index contributed by atoms with van der Waals surface area (Å²) in [6.45, 7) is 0. The summed E-state index contributed by atoms with van der Waals surface area (Å²) < 4.78 is 0.957. The number of carbonyl (C=O) groups is 1. The van der Waals surface area contributed by atoms with Crippen LogP contribution in [0.5, 0.6) is 0 Å². The Bertz CT molecular complexity index is 715. The van der Waals surface area contributed by atoms with Crippen LogP contribution in [0.15, 0.2) is 44.7 Å². The molecule has 10 heteroatoms. The summed E-state index contributed by atoms with van der Waals surface area (Å²) in [5, 5.41) is 14.1. The van der Waals surface area contributed by atoms with Gasteiger partial charge in [0.05, 0.1) is 10.7 Å². The molecular formula is C12H8Br2N4O3S. The van der Waals surface area contributed by atoms with Gasteiger partial charge in [0.2, 0.25) is 5.91 Å². The first-order valence-electron chi connectivity index (χ1n) is 5.80.